The zero-order valence-electron chi connectivity index (χ0n) is 17.6. The van der Waals surface area contributed by atoms with Gasteiger partial charge in [0.05, 0.1) is 18.8 Å². The average Bonchev–Trinajstić information content (AvgIpc) is 3.14. The minimum atomic E-state index is -0.622. The van der Waals surface area contributed by atoms with Crippen LogP contribution >= 0.6 is 0 Å². The van der Waals surface area contributed by atoms with Crippen LogP contribution in [0.2, 0.25) is 0 Å². The molecule has 1 aliphatic rings. The first-order chi connectivity index (χ1) is 14.9. The van der Waals surface area contributed by atoms with Crippen molar-refractivity contribution in [3.63, 3.8) is 0 Å². The Morgan fingerprint density at radius 2 is 1.87 bits per heavy atom. The van der Waals surface area contributed by atoms with Gasteiger partial charge in [0.2, 0.25) is 11.8 Å². The molecule has 2 aromatic rings. The smallest absolute Gasteiger partial charge is 0.254 e. The number of hydrogen-bond acceptors (Lipinski definition) is 5. The van der Waals surface area contributed by atoms with Crippen molar-refractivity contribution in [1.29, 1.82) is 0 Å². The largest absolute Gasteiger partial charge is 0.399 e. The molecule has 0 aliphatic carbocycles. The highest BCUT2D eigenvalue weighted by molar-refractivity contribution is 6.01. The second kappa shape index (κ2) is 9.88. The molecule has 0 spiro atoms. The summed E-state index contributed by atoms with van der Waals surface area (Å²) in [5, 5.41) is 6.43. The molecule has 2 aromatic carbocycles. The van der Waals surface area contributed by atoms with Crippen LogP contribution in [0.3, 0.4) is 0 Å². The molecule has 1 atom stereocenters. The minimum absolute atomic E-state index is 0.0447. The molecule has 0 unspecified atom stereocenters. The van der Waals surface area contributed by atoms with Crippen molar-refractivity contribution in [2.24, 2.45) is 10.9 Å². The number of likely N-dealkylation sites (tertiary alicyclic amines) is 1. The fourth-order valence-corrected chi connectivity index (χ4v) is 3.71. The highest BCUT2D eigenvalue weighted by Crippen LogP contribution is 2.26. The summed E-state index contributed by atoms with van der Waals surface area (Å²) in [5.74, 6) is -1.16. The first kappa shape index (κ1) is 22.0. The number of carbonyl (C=O) groups excluding carboxylic acids is 3. The second-order valence-corrected chi connectivity index (χ2v) is 7.47. The number of nitrogens with zero attached hydrogens (tertiary/aromatic N) is 2. The lowest BCUT2D eigenvalue weighted by atomic mass is 9.99. The van der Waals surface area contributed by atoms with E-state index in [4.69, 9.17) is 10.6 Å². The summed E-state index contributed by atoms with van der Waals surface area (Å²) >= 11 is 0. The number of oxime groups is 1. The Balaban J connectivity index is 1.77. The molecule has 8 nitrogen and oxygen atoms in total. The van der Waals surface area contributed by atoms with E-state index in [0.717, 1.165) is 16.7 Å². The molecule has 3 N–H and O–H groups in total. The Bertz CT molecular complexity index is 1000. The van der Waals surface area contributed by atoms with Crippen LogP contribution in [0.1, 0.15) is 28.8 Å². The fourth-order valence-electron chi connectivity index (χ4n) is 3.71. The van der Waals surface area contributed by atoms with E-state index in [1.807, 2.05) is 43.3 Å². The van der Waals surface area contributed by atoms with E-state index in [-0.39, 0.29) is 37.4 Å². The zero-order valence-corrected chi connectivity index (χ0v) is 17.6. The Labute approximate surface area is 181 Å². The summed E-state index contributed by atoms with van der Waals surface area (Å²) in [6, 6.07) is 15.1. The Morgan fingerprint density at radius 1 is 1.16 bits per heavy atom. The maximum absolute atomic E-state index is 13.2. The maximum atomic E-state index is 13.2. The molecular formula is C23H26N4O4. The van der Waals surface area contributed by atoms with Crippen LogP contribution < -0.4 is 11.1 Å². The molecule has 0 bridgehead atoms. The average molecular weight is 422 g/mol. The minimum Gasteiger partial charge on any atom is -0.399 e. The Morgan fingerprint density at radius 3 is 2.52 bits per heavy atom. The highest BCUT2D eigenvalue weighted by Gasteiger charge is 2.35. The van der Waals surface area contributed by atoms with Gasteiger partial charge >= 0.3 is 0 Å². The molecule has 3 amide bonds. The zero-order chi connectivity index (χ0) is 22.4. The van der Waals surface area contributed by atoms with Gasteiger partial charge in [-0.1, -0.05) is 41.6 Å². The first-order valence-electron chi connectivity index (χ1n) is 10.00. The number of benzene rings is 2. The molecule has 0 radical (unpaired) electrons. The molecular weight excluding hydrogens is 396 g/mol. The molecule has 162 valence electrons. The van der Waals surface area contributed by atoms with Crippen molar-refractivity contribution in [2.75, 3.05) is 20.2 Å². The van der Waals surface area contributed by atoms with E-state index in [2.05, 4.69) is 10.5 Å². The van der Waals surface area contributed by atoms with Crippen LogP contribution in [0.4, 0.5) is 0 Å². The SMILES string of the molecule is CON=C1C[C@@H](CC(=O)NCC(N)=O)N(C(=O)c2ccc(-c3ccccc3C)cc2)C1. The van der Waals surface area contributed by atoms with Crippen molar-refractivity contribution < 1.29 is 19.2 Å². The molecule has 1 saturated heterocycles. The van der Waals surface area contributed by atoms with Crippen LogP contribution in [-0.4, -0.2) is 54.6 Å². The molecule has 1 heterocycles. The number of aryl methyl sites for hydroxylation is 1. The van der Waals surface area contributed by atoms with Crippen LogP contribution in [0.25, 0.3) is 11.1 Å². The van der Waals surface area contributed by atoms with Gasteiger partial charge in [-0.25, -0.2) is 0 Å². The van der Waals surface area contributed by atoms with Gasteiger partial charge in [-0.2, -0.15) is 0 Å². The quantitative estimate of drug-likeness (QED) is 0.663. The van der Waals surface area contributed by atoms with Crippen molar-refractivity contribution in [3.05, 3.63) is 59.7 Å². The molecule has 8 heteroatoms. The number of rotatable bonds is 7. The van der Waals surface area contributed by atoms with Gasteiger partial charge < -0.3 is 20.8 Å². The third-order valence-electron chi connectivity index (χ3n) is 5.21. The van der Waals surface area contributed by atoms with Gasteiger partial charge in [0.15, 0.2) is 0 Å². The molecule has 1 aliphatic heterocycles. The number of nitrogens with two attached hydrogens (primary N) is 1. The third-order valence-corrected chi connectivity index (χ3v) is 5.21. The number of nitrogens with one attached hydrogen (secondary N) is 1. The van der Waals surface area contributed by atoms with E-state index in [0.29, 0.717) is 17.7 Å². The summed E-state index contributed by atoms with van der Waals surface area (Å²) < 4.78 is 0. The summed E-state index contributed by atoms with van der Waals surface area (Å²) in [5.41, 5.74) is 9.57. The molecule has 0 aromatic heterocycles. The number of amides is 3. The van der Waals surface area contributed by atoms with Crippen LogP contribution in [-0.2, 0) is 14.4 Å². The van der Waals surface area contributed by atoms with E-state index in [1.165, 1.54) is 7.11 Å². The summed E-state index contributed by atoms with van der Waals surface area (Å²) in [4.78, 5) is 42.7. The van der Waals surface area contributed by atoms with E-state index in [1.54, 1.807) is 17.0 Å². The molecule has 3 rings (SSSR count). The first-order valence-corrected chi connectivity index (χ1v) is 10.00. The molecule has 31 heavy (non-hydrogen) atoms. The number of primary amides is 1. The lowest BCUT2D eigenvalue weighted by Gasteiger charge is -2.24. The van der Waals surface area contributed by atoms with Crippen LogP contribution in [0.5, 0.6) is 0 Å². The predicted molar refractivity (Wildman–Crippen MR) is 117 cm³/mol. The fraction of sp³-hybridized carbons (Fsp3) is 0.304. The number of carbonyl (C=O) groups is 3. The monoisotopic (exact) mass is 422 g/mol. The standard InChI is InChI=1S/C23H26N4O4/c1-15-5-3-4-6-20(15)16-7-9-17(10-8-16)23(30)27-14-18(26-31-2)11-19(27)12-22(29)25-13-21(24)28/h3-10,19H,11-14H2,1-2H3,(H2,24,28)(H,25,29)/t19-/m0/s1. The summed E-state index contributed by atoms with van der Waals surface area (Å²) in [6.45, 7) is 2.09. The van der Waals surface area contributed by atoms with Crippen molar-refractivity contribution in [1.82, 2.24) is 10.2 Å². The predicted octanol–water partition coefficient (Wildman–Crippen LogP) is 1.87. The highest BCUT2D eigenvalue weighted by atomic mass is 16.6. The molecule has 0 saturated carbocycles. The van der Waals surface area contributed by atoms with E-state index >= 15 is 0 Å². The second-order valence-electron chi connectivity index (χ2n) is 7.47. The van der Waals surface area contributed by atoms with Gasteiger partial charge in [0.25, 0.3) is 5.91 Å². The topological polar surface area (TPSA) is 114 Å². The van der Waals surface area contributed by atoms with Crippen LogP contribution in [0, 0.1) is 6.92 Å². The van der Waals surface area contributed by atoms with Gasteiger partial charge in [0, 0.05) is 24.4 Å². The van der Waals surface area contributed by atoms with E-state index < -0.39 is 5.91 Å². The number of hydrogen-bond donors (Lipinski definition) is 2. The third kappa shape index (κ3) is 5.48. The maximum Gasteiger partial charge on any atom is 0.254 e. The normalized spacial score (nSPS) is 16.9. The summed E-state index contributed by atoms with van der Waals surface area (Å²) in [6.07, 6.45) is 0.466. The van der Waals surface area contributed by atoms with Gasteiger partial charge in [0.1, 0.15) is 7.11 Å². The van der Waals surface area contributed by atoms with Gasteiger partial charge in [-0.3, -0.25) is 14.4 Å². The Hall–Kier alpha value is -3.68. The lowest BCUT2D eigenvalue weighted by molar-refractivity contribution is -0.125. The van der Waals surface area contributed by atoms with Crippen molar-refractivity contribution in [2.45, 2.75) is 25.8 Å². The van der Waals surface area contributed by atoms with Crippen LogP contribution in [0.15, 0.2) is 53.7 Å². The van der Waals surface area contributed by atoms with Gasteiger partial charge in [-0.15, -0.1) is 0 Å². The molecule has 1 fully saturated rings. The Kier molecular flexibility index (Phi) is 7.02. The van der Waals surface area contributed by atoms with Crippen molar-refractivity contribution >= 4 is 23.4 Å². The van der Waals surface area contributed by atoms with Gasteiger partial charge in [-0.05, 0) is 35.7 Å². The lowest BCUT2D eigenvalue weighted by Crippen LogP contribution is -2.40. The van der Waals surface area contributed by atoms with Crippen molar-refractivity contribution in [3.8, 4) is 11.1 Å². The van der Waals surface area contributed by atoms with E-state index in [9.17, 15) is 14.4 Å². The summed E-state index contributed by atoms with van der Waals surface area (Å²) in [7, 11) is 1.44.